The lowest BCUT2D eigenvalue weighted by Crippen LogP contribution is -2.47. The number of rotatable bonds is 2. The van der Waals surface area contributed by atoms with E-state index in [2.05, 4.69) is 48.3 Å². The monoisotopic (exact) mass is 261 g/mol. The predicted molar refractivity (Wildman–Crippen MR) is 80.3 cm³/mol. The van der Waals surface area contributed by atoms with Gasteiger partial charge in [-0.1, -0.05) is 31.2 Å². The average Bonchev–Trinajstić information content (AvgIpc) is 2.41. The van der Waals surface area contributed by atoms with Gasteiger partial charge in [0.05, 0.1) is 0 Å². The van der Waals surface area contributed by atoms with Crippen molar-refractivity contribution in [1.29, 1.82) is 0 Å². The van der Waals surface area contributed by atoms with E-state index in [1.54, 1.807) is 11.1 Å². The van der Waals surface area contributed by atoms with Gasteiger partial charge in [0.2, 0.25) is 0 Å². The Bertz CT molecular complexity index is 404. The zero-order valence-corrected chi connectivity index (χ0v) is 12.0. The van der Waals surface area contributed by atoms with Gasteiger partial charge in [-0.05, 0) is 49.0 Å². The van der Waals surface area contributed by atoms with Crippen molar-refractivity contribution < 1.29 is 0 Å². The summed E-state index contributed by atoms with van der Waals surface area (Å²) < 4.78 is 0. The Morgan fingerprint density at radius 2 is 2.00 bits per heavy atom. The van der Waals surface area contributed by atoms with Crippen molar-refractivity contribution in [2.24, 2.45) is 0 Å². The summed E-state index contributed by atoms with van der Waals surface area (Å²) in [7, 11) is 0. The van der Waals surface area contributed by atoms with Gasteiger partial charge in [0.25, 0.3) is 0 Å². The molecule has 18 heavy (non-hydrogen) atoms. The minimum atomic E-state index is 0.700. The molecule has 0 aromatic heterocycles. The summed E-state index contributed by atoms with van der Waals surface area (Å²) in [4.78, 5) is 0. The van der Waals surface area contributed by atoms with Crippen LogP contribution in [-0.4, -0.2) is 23.1 Å². The number of nitrogens with one attached hydrogen (secondary N) is 1. The Morgan fingerprint density at radius 1 is 1.17 bits per heavy atom. The second-order valence-corrected chi connectivity index (χ2v) is 7.18. The number of thioether (sulfide) groups is 1. The molecule has 1 aliphatic carbocycles. The van der Waals surface area contributed by atoms with Crippen molar-refractivity contribution in [3.05, 3.63) is 35.4 Å². The van der Waals surface area contributed by atoms with Gasteiger partial charge in [0.1, 0.15) is 0 Å². The maximum atomic E-state index is 3.93. The normalized spacial score (nSPS) is 31.9. The number of benzene rings is 1. The van der Waals surface area contributed by atoms with Gasteiger partial charge in [-0.2, -0.15) is 11.8 Å². The molecule has 0 spiro atoms. The van der Waals surface area contributed by atoms with Gasteiger partial charge in [0.15, 0.2) is 0 Å². The molecular weight excluding hydrogens is 238 g/mol. The number of hydrogen-bond donors (Lipinski definition) is 1. The minimum absolute atomic E-state index is 0.700. The molecule has 1 N–H and O–H groups in total. The fourth-order valence-electron chi connectivity index (χ4n) is 3.28. The highest BCUT2D eigenvalue weighted by molar-refractivity contribution is 7.99. The fraction of sp³-hybridized carbons (Fsp3) is 0.625. The maximum absolute atomic E-state index is 3.93. The summed E-state index contributed by atoms with van der Waals surface area (Å²) in [5, 5.41) is 4.72. The minimum Gasteiger partial charge on any atom is -0.310 e. The van der Waals surface area contributed by atoms with E-state index in [1.165, 1.54) is 37.9 Å². The van der Waals surface area contributed by atoms with Crippen LogP contribution < -0.4 is 5.32 Å². The fourth-order valence-corrected chi connectivity index (χ4v) is 4.44. The summed E-state index contributed by atoms with van der Waals surface area (Å²) in [5.41, 5.74) is 3.14. The lowest BCUT2D eigenvalue weighted by molar-refractivity contribution is 0.369. The standard InChI is InChI=1S/C16H23NS/c1-12-16(7-4-10-18-12)17-15-9-8-13-5-2-3-6-14(13)11-15/h2-3,5-6,12,15-17H,4,7-11H2,1H3. The van der Waals surface area contributed by atoms with Crippen LogP contribution in [0.1, 0.15) is 37.3 Å². The molecule has 3 unspecified atom stereocenters. The van der Waals surface area contributed by atoms with Gasteiger partial charge in [-0.3, -0.25) is 0 Å². The largest absolute Gasteiger partial charge is 0.310 e. The van der Waals surface area contributed by atoms with Crippen LogP contribution >= 0.6 is 11.8 Å². The van der Waals surface area contributed by atoms with E-state index in [1.807, 2.05) is 0 Å². The predicted octanol–water partition coefficient (Wildman–Crippen LogP) is 3.42. The van der Waals surface area contributed by atoms with Crippen LogP contribution in [0, 0.1) is 0 Å². The molecule has 0 bridgehead atoms. The average molecular weight is 261 g/mol. The van der Waals surface area contributed by atoms with Crippen LogP contribution in [0.2, 0.25) is 0 Å². The van der Waals surface area contributed by atoms with Crippen LogP contribution in [0.15, 0.2) is 24.3 Å². The second-order valence-electron chi connectivity index (χ2n) is 5.70. The number of hydrogen-bond acceptors (Lipinski definition) is 2. The first kappa shape index (κ1) is 12.6. The topological polar surface area (TPSA) is 12.0 Å². The molecule has 1 aromatic rings. The van der Waals surface area contributed by atoms with Crippen LogP contribution in [0.4, 0.5) is 0 Å². The van der Waals surface area contributed by atoms with Crippen molar-refractivity contribution in [3.63, 3.8) is 0 Å². The van der Waals surface area contributed by atoms with Gasteiger partial charge in [0, 0.05) is 17.3 Å². The Labute approximate surface area is 115 Å². The van der Waals surface area contributed by atoms with E-state index in [-0.39, 0.29) is 0 Å². The van der Waals surface area contributed by atoms with Crippen LogP contribution in [0.3, 0.4) is 0 Å². The van der Waals surface area contributed by atoms with Gasteiger partial charge in [-0.15, -0.1) is 0 Å². The summed E-state index contributed by atoms with van der Waals surface area (Å²) in [6, 6.07) is 10.4. The third kappa shape index (κ3) is 2.75. The van der Waals surface area contributed by atoms with Gasteiger partial charge < -0.3 is 5.32 Å². The molecule has 1 heterocycles. The maximum Gasteiger partial charge on any atom is 0.0186 e. The SMILES string of the molecule is CC1SCCCC1NC1CCc2ccccc2C1. The molecule has 98 valence electrons. The van der Waals surface area contributed by atoms with Crippen LogP contribution in [-0.2, 0) is 12.8 Å². The molecule has 1 nitrogen and oxygen atoms in total. The van der Waals surface area contributed by atoms with E-state index in [9.17, 15) is 0 Å². The molecule has 0 saturated carbocycles. The molecule has 2 aliphatic rings. The smallest absolute Gasteiger partial charge is 0.0186 e. The Morgan fingerprint density at radius 3 is 2.83 bits per heavy atom. The quantitative estimate of drug-likeness (QED) is 0.875. The lowest BCUT2D eigenvalue weighted by Gasteiger charge is -2.35. The Kier molecular flexibility index (Phi) is 3.95. The highest BCUT2D eigenvalue weighted by Gasteiger charge is 2.26. The molecular formula is C16H23NS. The van der Waals surface area contributed by atoms with E-state index in [4.69, 9.17) is 0 Å². The third-order valence-corrected chi connectivity index (χ3v) is 5.78. The van der Waals surface area contributed by atoms with Crippen molar-refractivity contribution in [2.75, 3.05) is 5.75 Å². The highest BCUT2D eigenvalue weighted by atomic mass is 32.2. The van der Waals surface area contributed by atoms with Gasteiger partial charge in [-0.25, -0.2) is 0 Å². The Balaban J connectivity index is 1.62. The molecule has 3 rings (SSSR count). The molecule has 0 radical (unpaired) electrons. The number of fused-ring (bicyclic) bond motifs is 1. The first-order valence-corrected chi connectivity index (χ1v) is 8.32. The summed E-state index contributed by atoms with van der Waals surface area (Å²) in [5.74, 6) is 1.35. The molecule has 1 aromatic carbocycles. The molecule has 2 heteroatoms. The number of aryl methyl sites for hydroxylation is 1. The molecule has 3 atom stereocenters. The van der Waals surface area contributed by atoms with Crippen molar-refractivity contribution in [1.82, 2.24) is 5.32 Å². The Hall–Kier alpha value is -0.470. The molecule has 0 amide bonds. The summed E-state index contributed by atoms with van der Waals surface area (Å²) in [6.45, 7) is 2.39. The van der Waals surface area contributed by atoms with Crippen molar-refractivity contribution in [3.8, 4) is 0 Å². The second kappa shape index (κ2) is 5.66. The van der Waals surface area contributed by atoms with E-state index < -0.39 is 0 Å². The van der Waals surface area contributed by atoms with Crippen LogP contribution in [0.25, 0.3) is 0 Å². The van der Waals surface area contributed by atoms with Crippen LogP contribution in [0.5, 0.6) is 0 Å². The highest BCUT2D eigenvalue weighted by Crippen LogP contribution is 2.27. The van der Waals surface area contributed by atoms with Crippen molar-refractivity contribution >= 4 is 11.8 Å². The first-order chi connectivity index (χ1) is 8.83. The molecule has 1 fully saturated rings. The molecule has 1 saturated heterocycles. The van der Waals surface area contributed by atoms with E-state index in [0.29, 0.717) is 6.04 Å². The lowest BCUT2D eigenvalue weighted by atomic mass is 9.87. The van der Waals surface area contributed by atoms with E-state index >= 15 is 0 Å². The summed E-state index contributed by atoms with van der Waals surface area (Å²) >= 11 is 2.14. The zero-order chi connectivity index (χ0) is 12.4. The van der Waals surface area contributed by atoms with Crippen molar-refractivity contribution in [2.45, 2.75) is 56.4 Å². The third-order valence-electron chi connectivity index (χ3n) is 4.40. The zero-order valence-electron chi connectivity index (χ0n) is 11.2. The van der Waals surface area contributed by atoms with Gasteiger partial charge >= 0.3 is 0 Å². The summed E-state index contributed by atoms with van der Waals surface area (Å²) in [6.07, 6.45) is 6.54. The van der Waals surface area contributed by atoms with E-state index in [0.717, 1.165) is 11.3 Å². The molecule has 1 aliphatic heterocycles. The first-order valence-electron chi connectivity index (χ1n) is 7.27.